The summed E-state index contributed by atoms with van der Waals surface area (Å²) in [5, 5.41) is 2.86. The molecular weight excluding hydrogens is 394 g/mol. The molecule has 0 aliphatic heterocycles. The quantitative estimate of drug-likeness (QED) is 0.601. The van der Waals surface area contributed by atoms with Gasteiger partial charge in [-0.2, -0.15) is 18.2 Å². The summed E-state index contributed by atoms with van der Waals surface area (Å²) in [6.07, 6.45) is -9.50. The molecule has 3 aromatic rings. The molecule has 0 saturated carbocycles. The zero-order chi connectivity index (χ0) is 20.7. The molecule has 2 N–H and O–H groups in total. The Morgan fingerprint density at radius 2 is 1.71 bits per heavy atom. The average Bonchev–Trinajstić information content (AvgIpc) is 2.98. The summed E-state index contributed by atoms with van der Waals surface area (Å²) in [5.74, 6) is -1.64. The number of H-pyrrole nitrogens is 1. The number of fused-ring (bicyclic) bond motifs is 1. The molecule has 0 amide bonds. The maximum absolute atomic E-state index is 12.8. The lowest BCUT2D eigenvalue weighted by Crippen LogP contribution is -2.17. The molecule has 0 atom stereocenters. The normalized spacial score (nSPS) is 12.3. The Bertz CT molecular complexity index is 1010. The molecule has 150 valence electrons. The van der Waals surface area contributed by atoms with Gasteiger partial charge in [-0.05, 0) is 36.8 Å². The topological polar surface area (TPSA) is 72.1 Å². The standard InChI is InChI=1S/C16H12F6N4O2/c1-7-5-8(28-16(20,21)22)3-4-9(7)23-11-6-10-12(25-13(11)27-2)26-14(24-10)15(17,18)19/h3-6,23H,1-2H3,(H,24,25,26). The van der Waals surface area contributed by atoms with Crippen molar-refractivity contribution in [1.82, 2.24) is 15.0 Å². The molecule has 0 bridgehead atoms. The van der Waals surface area contributed by atoms with E-state index in [1.807, 2.05) is 0 Å². The lowest BCUT2D eigenvalue weighted by molar-refractivity contribution is -0.274. The molecule has 12 heteroatoms. The lowest BCUT2D eigenvalue weighted by atomic mass is 10.2. The Balaban J connectivity index is 1.95. The maximum Gasteiger partial charge on any atom is 0.573 e. The van der Waals surface area contributed by atoms with Gasteiger partial charge in [-0.25, -0.2) is 4.98 Å². The Kier molecular flexibility index (Phi) is 4.73. The van der Waals surface area contributed by atoms with Gasteiger partial charge in [-0.15, -0.1) is 13.2 Å². The average molecular weight is 406 g/mol. The second kappa shape index (κ2) is 6.77. The minimum absolute atomic E-state index is 0.0279. The molecule has 0 saturated heterocycles. The summed E-state index contributed by atoms with van der Waals surface area (Å²) in [6, 6.07) is 4.86. The number of aromatic amines is 1. The number of hydrogen-bond donors (Lipinski definition) is 2. The minimum Gasteiger partial charge on any atom is -0.479 e. The van der Waals surface area contributed by atoms with Crippen molar-refractivity contribution in [2.24, 2.45) is 0 Å². The number of alkyl halides is 6. The number of nitrogens with one attached hydrogen (secondary N) is 2. The predicted octanol–water partition coefficient (Wildman–Crippen LogP) is 4.94. The zero-order valence-corrected chi connectivity index (χ0v) is 14.3. The zero-order valence-electron chi connectivity index (χ0n) is 14.3. The Labute approximate surface area is 153 Å². The summed E-state index contributed by atoms with van der Waals surface area (Å²) in [7, 11) is 1.27. The van der Waals surface area contributed by atoms with E-state index in [1.165, 1.54) is 26.2 Å². The molecule has 1 aromatic carbocycles. The number of aryl methyl sites for hydroxylation is 1. The van der Waals surface area contributed by atoms with Crippen LogP contribution < -0.4 is 14.8 Å². The highest BCUT2D eigenvalue weighted by atomic mass is 19.4. The first-order chi connectivity index (χ1) is 13.0. The van der Waals surface area contributed by atoms with Crippen LogP contribution in [-0.4, -0.2) is 28.4 Å². The molecule has 0 spiro atoms. The number of ether oxygens (including phenoxy) is 2. The fourth-order valence-electron chi connectivity index (χ4n) is 2.42. The molecule has 0 fully saturated rings. The summed E-state index contributed by atoms with van der Waals surface area (Å²) in [4.78, 5) is 9.46. The van der Waals surface area contributed by atoms with Gasteiger partial charge in [0, 0.05) is 5.69 Å². The first-order valence-electron chi connectivity index (χ1n) is 7.61. The van der Waals surface area contributed by atoms with Crippen LogP contribution in [0.15, 0.2) is 24.3 Å². The van der Waals surface area contributed by atoms with Crippen LogP contribution in [-0.2, 0) is 6.18 Å². The summed E-state index contributed by atoms with van der Waals surface area (Å²) >= 11 is 0. The number of methoxy groups -OCH3 is 1. The molecule has 0 aliphatic carbocycles. The number of halogens is 6. The van der Waals surface area contributed by atoms with Gasteiger partial charge < -0.3 is 19.8 Å². The molecule has 2 heterocycles. The van der Waals surface area contributed by atoms with E-state index in [0.29, 0.717) is 11.3 Å². The maximum atomic E-state index is 12.8. The van der Waals surface area contributed by atoms with E-state index in [4.69, 9.17) is 4.74 Å². The van der Waals surface area contributed by atoms with Crippen molar-refractivity contribution in [1.29, 1.82) is 0 Å². The molecule has 0 aliphatic rings. The third kappa shape index (κ3) is 4.21. The van der Waals surface area contributed by atoms with Crippen molar-refractivity contribution in [3.8, 4) is 11.6 Å². The minimum atomic E-state index is -4.82. The molecule has 6 nitrogen and oxygen atoms in total. The number of aromatic nitrogens is 3. The van der Waals surface area contributed by atoms with Crippen molar-refractivity contribution in [2.45, 2.75) is 19.5 Å². The molecule has 28 heavy (non-hydrogen) atoms. The third-order valence-electron chi connectivity index (χ3n) is 3.60. The fraction of sp³-hybridized carbons (Fsp3) is 0.250. The van der Waals surface area contributed by atoms with Gasteiger partial charge in [-0.3, -0.25) is 0 Å². The van der Waals surface area contributed by atoms with Gasteiger partial charge in [0.2, 0.25) is 11.7 Å². The summed E-state index contributed by atoms with van der Waals surface area (Å²) in [5.41, 5.74) is 0.760. The summed E-state index contributed by atoms with van der Waals surface area (Å²) in [6.45, 7) is 1.53. The van der Waals surface area contributed by atoms with Crippen molar-refractivity contribution in [2.75, 3.05) is 12.4 Å². The van der Waals surface area contributed by atoms with Crippen LogP contribution in [0.5, 0.6) is 11.6 Å². The Morgan fingerprint density at radius 3 is 2.29 bits per heavy atom. The molecule has 0 unspecified atom stereocenters. The second-order valence-electron chi connectivity index (χ2n) is 5.65. The fourth-order valence-corrected chi connectivity index (χ4v) is 2.42. The van der Waals surface area contributed by atoms with Gasteiger partial charge in [0.1, 0.15) is 17.0 Å². The van der Waals surface area contributed by atoms with Crippen LogP contribution in [0, 0.1) is 6.92 Å². The summed E-state index contributed by atoms with van der Waals surface area (Å²) < 4.78 is 84.2. The van der Waals surface area contributed by atoms with Gasteiger partial charge >= 0.3 is 12.5 Å². The van der Waals surface area contributed by atoms with Crippen LogP contribution in [0.4, 0.5) is 37.7 Å². The van der Waals surface area contributed by atoms with Crippen molar-refractivity contribution < 1.29 is 35.8 Å². The highest BCUT2D eigenvalue weighted by molar-refractivity contribution is 5.80. The SMILES string of the molecule is COc1nc2[nH]c(C(F)(F)F)nc2cc1Nc1ccc(OC(F)(F)F)cc1C. The number of imidazole rings is 1. The van der Waals surface area contributed by atoms with Crippen LogP contribution in [0.2, 0.25) is 0 Å². The van der Waals surface area contributed by atoms with Gasteiger partial charge in [0.05, 0.1) is 7.11 Å². The smallest absolute Gasteiger partial charge is 0.479 e. The number of rotatable bonds is 4. The third-order valence-corrected chi connectivity index (χ3v) is 3.60. The largest absolute Gasteiger partial charge is 0.573 e. The van der Waals surface area contributed by atoms with E-state index in [2.05, 4.69) is 25.0 Å². The number of pyridine rings is 1. The predicted molar refractivity (Wildman–Crippen MR) is 86.6 cm³/mol. The van der Waals surface area contributed by atoms with E-state index in [1.54, 1.807) is 0 Å². The van der Waals surface area contributed by atoms with E-state index in [0.717, 1.165) is 12.1 Å². The van der Waals surface area contributed by atoms with E-state index >= 15 is 0 Å². The molecule has 3 rings (SSSR count). The monoisotopic (exact) mass is 406 g/mol. The van der Waals surface area contributed by atoms with Gasteiger partial charge in [-0.1, -0.05) is 0 Å². The van der Waals surface area contributed by atoms with Gasteiger partial charge in [0.15, 0.2) is 5.65 Å². The number of anilines is 2. The molecular formula is C16H12F6N4O2. The molecule has 0 radical (unpaired) electrons. The highest BCUT2D eigenvalue weighted by Gasteiger charge is 2.35. The number of benzene rings is 1. The van der Waals surface area contributed by atoms with Crippen LogP contribution in [0.1, 0.15) is 11.4 Å². The van der Waals surface area contributed by atoms with Crippen LogP contribution >= 0.6 is 0 Å². The van der Waals surface area contributed by atoms with E-state index in [9.17, 15) is 26.3 Å². The van der Waals surface area contributed by atoms with Crippen LogP contribution in [0.25, 0.3) is 11.2 Å². The van der Waals surface area contributed by atoms with Crippen molar-refractivity contribution in [3.05, 3.63) is 35.7 Å². The number of nitrogens with zero attached hydrogens (tertiary/aromatic N) is 2. The highest BCUT2D eigenvalue weighted by Crippen LogP contribution is 2.34. The second-order valence-corrected chi connectivity index (χ2v) is 5.65. The van der Waals surface area contributed by atoms with Gasteiger partial charge in [0.25, 0.3) is 0 Å². The van der Waals surface area contributed by atoms with Crippen molar-refractivity contribution in [3.63, 3.8) is 0 Å². The lowest BCUT2D eigenvalue weighted by Gasteiger charge is -2.14. The Hall–Kier alpha value is -3.18. The Morgan fingerprint density at radius 1 is 1.00 bits per heavy atom. The van der Waals surface area contributed by atoms with E-state index in [-0.39, 0.29) is 22.7 Å². The molecule has 2 aromatic heterocycles. The van der Waals surface area contributed by atoms with E-state index < -0.39 is 24.1 Å². The first-order valence-corrected chi connectivity index (χ1v) is 7.61. The van der Waals surface area contributed by atoms with Crippen molar-refractivity contribution >= 4 is 22.5 Å². The van der Waals surface area contributed by atoms with Crippen LogP contribution in [0.3, 0.4) is 0 Å². The number of hydrogen-bond acceptors (Lipinski definition) is 5. The first kappa shape index (κ1) is 19.6.